The molecule has 0 saturated carbocycles. The highest BCUT2D eigenvalue weighted by molar-refractivity contribution is 6.32. The molecule has 0 amide bonds. The summed E-state index contributed by atoms with van der Waals surface area (Å²) in [7, 11) is 0. The van der Waals surface area contributed by atoms with Crippen molar-refractivity contribution in [1.29, 1.82) is 0 Å². The molecule has 1 rings (SSSR count). The lowest BCUT2D eigenvalue weighted by Crippen LogP contribution is -2.26. The van der Waals surface area contributed by atoms with E-state index in [9.17, 15) is 9.59 Å². The normalized spacial score (nSPS) is 12.3. The quantitative estimate of drug-likeness (QED) is 0.785. The van der Waals surface area contributed by atoms with Gasteiger partial charge in [0.05, 0.1) is 5.02 Å². The number of hydrogen-bond acceptors (Lipinski definition) is 3. The van der Waals surface area contributed by atoms with E-state index in [2.05, 4.69) is 0 Å². The lowest BCUT2D eigenvalue weighted by atomic mass is 10.2. The van der Waals surface area contributed by atoms with Gasteiger partial charge in [0.2, 0.25) is 0 Å². The fourth-order valence-electron chi connectivity index (χ4n) is 1.35. The second kappa shape index (κ2) is 6.80. The molecule has 0 bridgehead atoms. The van der Waals surface area contributed by atoms with Crippen LogP contribution in [0.2, 0.25) is 5.02 Å². The topological polar surface area (TPSA) is 83.8 Å². The molecule has 0 radical (unpaired) electrons. The summed E-state index contributed by atoms with van der Waals surface area (Å²) in [5.74, 6) is -1.87. The van der Waals surface area contributed by atoms with Gasteiger partial charge >= 0.3 is 11.9 Å². The summed E-state index contributed by atoms with van der Waals surface area (Å²) in [4.78, 5) is 21.2. The van der Waals surface area contributed by atoms with Gasteiger partial charge in [0.25, 0.3) is 0 Å². The lowest BCUT2D eigenvalue weighted by Gasteiger charge is -2.14. The smallest absolute Gasteiger partial charge is 0.344 e. The maximum absolute atomic E-state index is 10.8. The van der Waals surface area contributed by atoms with E-state index in [0.29, 0.717) is 12.0 Å². The Morgan fingerprint density at radius 3 is 2.58 bits per heavy atom. The van der Waals surface area contributed by atoms with Crippen molar-refractivity contribution in [1.82, 2.24) is 0 Å². The molecule has 0 aromatic heterocycles. The van der Waals surface area contributed by atoms with Crippen molar-refractivity contribution >= 4 is 29.6 Å². The third kappa shape index (κ3) is 4.63. The molecule has 2 N–H and O–H groups in total. The standard InChI is InChI=1S/C13H13ClO5/c1-2-10(13(17)18)19-11-5-3-8(7-9(11)14)4-6-12(15)16/h3-7,10H,2H2,1H3,(H,15,16)(H,17,18). The van der Waals surface area contributed by atoms with Crippen molar-refractivity contribution in [2.45, 2.75) is 19.4 Å². The molecule has 19 heavy (non-hydrogen) atoms. The fourth-order valence-corrected chi connectivity index (χ4v) is 1.58. The molecule has 102 valence electrons. The van der Waals surface area contributed by atoms with Crippen LogP contribution in [0.3, 0.4) is 0 Å². The summed E-state index contributed by atoms with van der Waals surface area (Å²) in [6.07, 6.45) is 1.72. The van der Waals surface area contributed by atoms with Crippen molar-refractivity contribution in [2.24, 2.45) is 0 Å². The van der Waals surface area contributed by atoms with Crippen LogP contribution in [0.5, 0.6) is 5.75 Å². The van der Waals surface area contributed by atoms with E-state index in [1.54, 1.807) is 13.0 Å². The van der Waals surface area contributed by atoms with Crippen LogP contribution in [-0.4, -0.2) is 28.3 Å². The number of ether oxygens (including phenoxy) is 1. The van der Waals surface area contributed by atoms with Crippen molar-refractivity contribution in [2.75, 3.05) is 0 Å². The van der Waals surface area contributed by atoms with Gasteiger partial charge in [-0.3, -0.25) is 0 Å². The molecule has 0 heterocycles. The number of aliphatic carboxylic acids is 2. The first kappa shape index (κ1) is 15.0. The zero-order valence-corrected chi connectivity index (χ0v) is 10.9. The molecule has 0 spiro atoms. The number of benzene rings is 1. The molecule has 5 nitrogen and oxygen atoms in total. The van der Waals surface area contributed by atoms with Crippen LogP contribution in [0.1, 0.15) is 18.9 Å². The Balaban J connectivity index is 2.88. The molecule has 0 fully saturated rings. The first-order chi connectivity index (χ1) is 8.93. The predicted molar refractivity (Wildman–Crippen MR) is 70.5 cm³/mol. The van der Waals surface area contributed by atoms with Crippen molar-refractivity contribution in [3.05, 3.63) is 34.9 Å². The Hall–Kier alpha value is -2.01. The highest BCUT2D eigenvalue weighted by atomic mass is 35.5. The Bertz CT molecular complexity index is 510. The minimum Gasteiger partial charge on any atom is -0.479 e. The zero-order chi connectivity index (χ0) is 14.4. The number of carbonyl (C=O) groups is 2. The Morgan fingerprint density at radius 2 is 2.11 bits per heavy atom. The molecule has 0 saturated heterocycles. The van der Waals surface area contributed by atoms with Gasteiger partial charge in [-0.15, -0.1) is 0 Å². The number of hydrogen-bond donors (Lipinski definition) is 2. The lowest BCUT2D eigenvalue weighted by molar-refractivity contribution is -0.145. The van der Waals surface area contributed by atoms with Crippen molar-refractivity contribution in [3.8, 4) is 5.75 Å². The van der Waals surface area contributed by atoms with Crippen LogP contribution in [0.4, 0.5) is 0 Å². The molecule has 1 atom stereocenters. The summed E-state index contributed by atoms with van der Waals surface area (Å²) in [5.41, 5.74) is 0.586. The van der Waals surface area contributed by atoms with Crippen LogP contribution < -0.4 is 4.74 Å². The molecule has 1 unspecified atom stereocenters. The molecular formula is C13H13ClO5. The average molecular weight is 285 g/mol. The van der Waals surface area contributed by atoms with E-state index in [4.69, 9.17) is 26.6 Å². The van der Waals surface area contributed by atoms with Crippen LogP contribution >= 0.6 is 11.6 Å². The minimum absolute atomic E-state index is 0.229. The van der Waals surface area contributed by atoms with Gasteiger partial charge in [-0.25, -0.2) is 9.59 Å². The summed E-state index contributed by atoms with van der Waals surface area (Å²) in [5, 5.41) is 17.6. The number of carboxylic acid groups (broad SMARTS) is 2. The summed E-state index contributed by atoms with van der Waals surface area (Å²) >= 11 is 5.95. The molecule has 0 aliphatic heterocycles. The van der Waals surface area contributed by atoms with Crippen LogP contribution in [0.15, 0.2) is 24.3 Å². The molecule has 1 aromatic carbocycles. The summed E-state index contributed by atoms with van der Waals surface area (Å²) in [6.45, 7) is 1.69. The van der Waals surface area contributed by atoms with Crippen LogP contribution in [0, 0.1) is 0 Å². The van der Waals surface area contributed by atoms with E-state index < -0.39 is 18.0 Å². The van der Waals surface area contributed by atoms with Crippen LogP contribution in [-0.2, 0) is 9.59 Å². The van der Waals surface area contributed by atoms with Gasteiger partial charge in [0.1, 0.15) is 5.75 Å². The Labute approximate surface area is 115 Å². The van der Waals surface area contributed by atoms with Gasteiger partial charge in [-0.2, -0.15) is 0 Å². The van der Waals surface area contributed by atoms with E-state index in [0.717, 1.165) is 6.08 Å². The van der Waals surface area contributed by atoms with E-state index in [1.165, 1.54) is 18.2 Å². The molecule has 6 heteroatoms. The third-order valence-corrected chi connectivity index (χ3v) is 2.59. The summed E-state index contributed by atoms with van der Waals surface area (Å²) < 4.78 is 5.26. The van der Waals surface area contributed by atoms with E-state index in [1.807, 2.05) is 0 Å². The maximum Gasteiger partial charge on any atom is 0.344 e. The van der Waals surface area contributed by atoms with E-state index in [-0.39, 0.29) is 10.8 Å². The first-order valence-corrected chi connectivity index (χ1v) is 5.91. The monoisotopic (exact) mass is 284 g/mol. The highest BCUT2D eigenvalue weighted by Crippen LogP contribution is 2.27. The molecular weight excluding hydrogens is 272 g/mol. The fraction of sp³-hybridized carbons (Fsp3) is 0.231. The van der Waals surface area contributed by atoms with Crippen LogP contribution in [0.25, 0.3) is 6.08 Å². The van der Waals surface area contributed by atoms with Gasteiger partial charge < -0.3 is 14.9 Å². The maximum atomic E-state index is 10.8. The SMILES string of the molecule is CCC(Oc1ccc(C=CC(=O)O)cc1Cl)C(=O)O. The Morgan fingerprint density at radius 1 is 1.42 bits per heavy atom. The van der Waals surface area contributed by atoms with Gasteiger partial charge in [0.15, 0.2) is 6.10 Å². The number of carboxylic acids is 2. The molecule has 0 aliphatic carbocycles. The largest absolute Gasteiger partial charge is 0.479 e. The zero-order valence-electron chi connectivity index (χ0n) is 10.2. The number of halogens is 1. The third-order valence-electron chi connectivity index (χ3n) is 2.29. The van der Waals surface area contributed by atoms with E-state index >= 15 is 0 Å². The first-order valence-electron chi connectivity index (χ1n) is 5.54. The minimum atomic E-state index is -1.06. The second-order valence-corrected chi connectivity index (χ2v) is 4.12. The molecule has 1 aromatic rings. The molecule has 0 aliphatic rings. The van der Waals surface area contributed by atoms with Crippen molar-refractivity contribution in [3.63, 3.8) is 0 Å². The average Bonchev–Trinajstić information content (AvgIpc) is 2.34. The van der Waals surface area contributed by atoms with Gasteiger partial charge in [-0.1, -0.05) is 24.6 Å². The summed E-state index contributed by atoms with van der Waals surface area (Å²) in [6, 6.07) is 4.61. The van der Waals surface area contributed by atoms with Gasteiger partial charge in [-0.05, 0) is 30.2 Å². The Kier molecular flexibility index (Phi) is 5.38. The van der Waals surface area contributed by atoms with Gasteiger partial charge in [0, 0.05) is 6.08 Å². The van der Waals surface area contributed by atoms with Crippen molar-refractivity contribution < 1.29 is 24.5 Å². The predicted octanol–water partition coefficient (Wildman–Crippen LogP) is 2.68. The highest BCUT2D eigenvalue weighted by Gasteiger charge is 2.18. The second-order valence-electron chi connectivity index (χ2n) is 3.71. The number of rotatable bonds is 6.